The number of para-hydroxylation sites is 1. The molecule has 0 radical (unpaired) electrons. The van der Waals surface area contributed by atoms with Crippen molar-refractivity contribution in [3.8, 4) is 0 Å². The number of benzene rings is 2. The maximum atomic E-state index is 4.81. The van der Waals surface area contributed by atoms with Crippen LogP contribution in [0.15, 0.2) is 48.5 Å². The molecule has 0 amide bonds. The number of nitrogens with one attached hydrogen (secondary N) is 2. The van der Waals surface area contributed by atoms with Crippen molar-refractivity contribution in [2.75, 3.05) is 10.6 Å². The van der Waals surface area contributed by atoms with E-state index in [9.17, 15) is 0 Å². The fourth-order valence-electron chi connectivity index (χ4n) is 3.36. The van der Waals surface area contributed by atoms with Gasteiger partial charge in [0.05, 0.1) is 5.69 Å². The molecule has 0 aliphatic heterocycles. The van der Waals surface area contributed by atoms with Crippen molar-refractivity contribution in [3.63, 3.8) is 0 Å². The van der Waals surface area contributed by atoms with Crippen molar-refractivity contribution < 1.29 is 0 Å². The Morgan fingerprint density at radius 1 is 0.808 bits per heavy atom. The summed E-state index contributed by atoms with van der Waals surface area (Å²) < 4.78 is 0. The summed E-state index contributed by atoms with van der Waals surface area (Å²) in [6, 6.07) is 16.6. The van der Waals surface area contributed by atoms with Crippen LogP contribution in [0.2, 0.25) is 0 Å². The van der Waals surface area contributed by atoms with Gasteiger partial charge >= 0.3 is 0 Å². The van der Waals surface area contributed by atoms with Gasteiger partial charge in [-0.05, 0) is 63.3 Å². The highest BCUT2D eigenvalue weighted by molar-refractivity contribution is 5.65. The quantitative estimate of drug-likeness (QED) is 0.660. The van der Waals surface area contributed by atoms with Gasteiger partial charge in [0.2, 0.25) is 5.95 Å². The molecule has 0 spiro atoms. The van der Waals surface area contributed by atoms with Crippen molar-refractivity contribution >= 4 is 23.1 Å². The fraction of sp³-hybridized carbons (Fsp3) is 0.273. The Balaban J connectivity index is 1.69. The maximum Gasteiger partial charge on any atom is 0.229 e. The number of aromatic nitrogens is 2. The summed E-state index contributed by atoms with van der Waals surface area (Å²) in [6.45, 7) is 4.19. The largest absolute Gasteiger partial charge is 0.340 e. The molecule has 0 fully saturated rings. The molecule has 0 unspecified atom stereocenters. The van der Waals surface area contributed by atoms with Gasteiger partial charge in [-0.1, -0.05) is 35.9 Å². The van der Waals surface area contributed by atoms with Gasteiger partial charge in [0.1, 0.15) is 5.82 Å². The Hall–Kier alpha value is -2.88. The van der Waals surface area contributed by atoms with Crippen LogP contribution in [-0.4, -0.2) is 9.97 Å². The summed E-state index contributed by atoms with van der Waals surface area (Å²) in [4.78, 5) is 9.61. The summed E-state index contributed by atoms with van der Waals surface area (Å²) in [6.07, 6.45) is 4.44. The van der Waals surface area contributed by atoms with Crippen LogP contribution in [0.5, 0.6) is 0 Å². The van der Waals surface area contributed by atoms with Crippen molar-refractivity contribution in [2.45, 2.75) is 39.5 Å². The van der Waals surface area contributed by atoms with Crippen molar-refractivity contribution in [1.82, 2.24) is 9.97 Å². The Morgan fingerprint density at radius 2 is 1.58 bits per heavy atom. The zero-order valence-electron chi connectivity index (χ0n) is 15.3. The number of rotatable bonds is 4. The molecule has 4 heteroatoms. The first-order valence-corrected chi connectivity index (χ1v) is 9.25. The fourth-order valence-corrected chi connectivity index (χ4v) is 3.36. The maximum absolute atomic E-state index is 4.81. The predicted molar refractivity (Wildman–Crippen MR) is 108 cm³/mol. The predicted octanol–water partition coefficient (Wildman–Crippen LogP) is 5.46. The number of aryl methyl sites for hydroxylation is 3. The molecule has 4 rings (SSSR count). The monoisotopic (exact) mass is 344 g/mol. The van der Waals surface area contributed by atoms with Crippen LogP contribution in [0.3, 0.4) is 0 Å². The van der Waals surface area contributed by atoms with Crippen molar-refractivity contribution in [3.05, 3.63) is 70.9 Å². The molecule has 4 nitrogen and oxygen atoms in total. The summed E-state index contributed by atoms with van der Waals surface area (Å²) >= 11 is 0. The van der Waals surface area contributed by atoms with Crippen LogP contribution in [0, 0.1) is 13.8 Å². The molecule has 0 saturated heterocycles. The van der Waals surface area contributed by atoms with Gasteiger partial charge in [-0.3, -0.25) is 0 Å². The number of nitrogens with zero attached hydrogens (tertiary/aromatic N) is 2. The summed E-state index contributed by atoms with van der Waals surface area (Å²) in [5.41, 5.74) is 6.96. The normalized spacial score (nSPS) is 13.2. The van der Waals surface area contributed by atoms with Gasteiger partial charge in [0, 0.05) is 16.9 Å². The lowest BCUT2D eigenvalue weighted by atomic mass is 9.96. The number of hydrogen-bond donors (Lipinski definition) is 2. The highest BCUT2D eigenvalue weighted by Crippen LogP contribution is 2.30. The van der Waals surface area contributed by atoms with Crippen LogP contribution < -0.4 is 10.6 Å². The molecule has 2 N–H and O–H groups in total. The minimum Gasteiger partial charge on any atom is -0.340 e. The van der Waals surface area contributed by atoms with E-state index in [1.165, 1.54) is 29.5 Å². The minimum atomic E-state index is 0.662. The van der Waals surface area contributed by atoms with Gasteiger partial charge in [-0.25, -0.2) is 4.98 Å². The molecule has 0 atom stereocenters. The van der Waals surface area contributed by atoms with Crippen LogP contribution in [0.25, 0.3) is 0 Å². The topological polar surface area (TPSA) is 49.8 Å². The Bertz CT molecular complexity index is 916. The van der Waals surface area contributed by atoms with Crippen LogP contribution in [-0.2, 0) is 12.8 Å². The first kappa shape index (κ1) is 16.6. The SMILES string of the molecule is Cc1ccc(Nc2nc(Nc3ccccc3C)nc3c2CCCC3)cc1. The van der Waals surface area contributed by atoms with Crippen molar-refractivity contribution in [1.29, 1.82) is 0 Å². The highest BCUT2D eigenvalue weighted by atomic mass is 15.2. The average Bonchev–Trinajstić information content (AvgIpc) is 2.65. The molecule has 1 aliphatic carbocycles. The third-order valence-corrected chi connectivity index (χ3v) is 4.89. The standard InChI is InChI=1S/C22H24N4/c1-15-11-13-17(14-12-15)23-21-18-8-4-6-10-20(18)25-22(26-21)24-19-9-5-3-7-16(19)2/h3,5,7,9,11-14H,4,6,8,10H2,1-2H3,(H2,23,24,25,26). The van der Waals surface area contributed by atoms with Gasteiger partial charge in [-0.2, -0.15) is 4.98 Å². The highest BCUT2D eigenvalue weighted by Gasteiger charge is 2.18. The Labute approximate surface area is 154 Å². The smallest absolute Gasteiger partial charge is 0.229 e. The second-order valence-corrected chi connectivity index (χ2v) is 6.96. The Morgan fingerprint density at radius 3 is 2.38 bits per heavy atom. The zero-order chi connectivity index (χ0) is 17.9. The van der Waals surface area contributed by atoms with E-state index < -0.39 is 0 Å². The molecule has 0 saturated carbocycles. The second-order valence-electron chi connectivity index (χ2n) is 6.96. The first-order valence-electron chi connectivity index (χ1n) is 9.25. The summed E-state index contributed by atoms with van der Waals surface area (Å²) in [5.74, 6) is 1.59. The zero-order valence-corrected chi connectivity index (χ0v) is 15.3. The lowest BCUT2D eigenvalue weighted by Gasteiger charge is -2.20. The van der Waals surface area contributed by atoms with Crippen LogP contribution in [0.4, 0.5) is 23.1 Å². The average molecular weight is 344 g/mol. The van der Waals surface area contributed by atoms with Gasteiger partial charge < -0.3 is 10.6 Å². The van der Waals surface area contributed by atoms with Gasteiger partial charge in [0.15, 0.2) is 0 Å². The lowest BCUT2D eigenvalue weighted by molar-refractivity contribution is 0.666. The molecule has 1 aliphatic rings. The number of fused-ring (bicyclic) bond motifs is 1. The summed E-state index contributed by atoms with van der Waals surface area (Å²) in [7, 11) is 0. The Kier molecular flexibility index (Phi) is 4.57. The molecule has 2 aromatic carbocycles. The second kappa shape index (κ2) is 7.16. The molecular weight excluding hydrogens is 320 g/mol. The molecule has 26 heavy (non-hydrogen) atoms. The first-order chi connectivity index (χ1) is 12.7. The minimum absolute atomic E-state index is 0.662. The van der Waals surface area contributed by atoms with E-state index in [4.69, 9.17) is 9.97 Å². The molecule has 0 bridgehead atoms. The van der Waals surface area contributed by atoms with E-state index in [1.807, 2.05) is 12.1 Å². The summed E-state index contributed by atoms with van der Waals surface area (Å²) in [5, 5.41) is 6.90. The molecule has 1 heterocycles. The molecule has 1 aromatic heterocycles. The third-order valence-electron chi connectivity index (χ3n) is 4.89. The van der Waals surface area contributed by atoms with Gasteiger partial charge in [-0.15, -0.1) is 0 Å². The van der Waals surface area contributed by atoms with Crippen molar-refractivity contribution in [2.24, 2.45) is 0 Å². The molecule has 3 aromatic rings. The third kappa shape index (κ3) is 3.54. The lowest BCUT2D eigenvalue weighted by Crippen LogP contribution is -2.13. The molecular formula is C22H24N4. The van der Waals surface area contributed by atoms with E-state index in [1.54, 1.807) is 0 Å². The van der Waals surface area contributed by atoms with E-state index in [2.05, 4.69) is 60.9 Å². The van der Waals surface area contributed by atoms with E-state index in [-0.39, 0.29) is 0 Å². The van der Waals surface area contributed by atoms with Gasteiger partial charge in [0.25, 0.3) is 0 Å². The number of anilines is 4. The van der Waals surface area contributed by atoms with E-state index in [0.717, 1.165) is 35.7 Å². The van der Waals surface area contributed by atoms with E-state index in [0.29, 0.717) is 5.95 Å². The van der Waals surface area contributed by atoms with E-state index >= 15 is 0 Å². The van der Waals surface area contributed by atoms with Crippen LogP contribution >= 0.6 is 0 Å². The number of hydrogen-bond acceptors (Lipinski definition) is 4. The van der Waals surface area contributed by atoms with Crippen LogP contribution in [0.1, 0.15) is 35.2 Å². The molecule has 132 valence electrons.